The molecule has 5 nitrogen and oxygen atoms in total. The monoisotopic (exact) mass is 351 g/mol. The maximum atomic E-state index is 13.0. The standard InChI is InChI=1S/C18H23F2N3O2/c1-13-2-4-14(5-3-13)11-21-16(24)12-22-6-8-23(9-7-22)17(25)15-10-18(15,19)20/h2-5,15H,6-12H2,1H3,(H,21,24). The number of aryl methyl sites for hydroxylation is 1. The number of hydrogen-bond donors (Lipinski definition) is 1. The Morgan fingerprint density at radius 2 is 1.76 bits per heavy atom. The Morgan fingerprint density at radius 1 is 1.16 bits per heavy atom. The molecule has 0 radical (unpaired) electrons. The van der Waals surface area contributed by atoms with Gasteiger partial charge in [0.1, 0.15) is 5.92 Å². The lowest BCUT2D eigenvalue weighted by molar-refractivity contribution is -0.136. The second-order valence-corrected chi connectivity index (χ2v) is 6.88. The summed E-state index contributed by atoms with van der Waals surface area (Å²) in [6, 6.07) is 7.96. The van der Waals surface area contributed by atoms with E-state index < -0.39 is 17.7 Å². The van der Waals surface area contributed by atoms with Crippen LogP contribution in [0.3, 0.4) is 0 Å². The minimum atomic E-state index is -2.82. The van der Waals surface area contributed by atoms with Gasteiger partial charge in [0.2, 0.25) is 11.8 Å². The molecule has 1 saturated carbocycles. The minimum Gasteiger partial charge on any atom is -0.351 e. The van der Waals surface area contributed by atoms with Gasteiger partial charge in [-0.25, -0.2) is 8.78 Å². The molecular weight excluding hydrogens is 328 g/mol. The van der Waals surface area contributed by atoms with Crippen molar-refractivity contribution in [2.24, 2.45) is 5.92 Å². The third-order valence-corrected chi connectivity index (χ3v) is 4.79. The lowest BCUT2D eigenvalue weighted by atomic mass is 10.1. The van der Waals surface area contributed by atoms with Crippen LogP contribution >= 0.6 is 0 Å². The van der Waals surface area contributed by atoms with E-state index in [-0.39, 0.29) is 18.9 Å². The molecule has 0 spiro atoms. The average Bonchev–Trinajstić information content (AvgIpc) is 3.23. The van der Waals surface area contributed by atoms with Crippen molar-refractivity contribution in [1.29, 1.82) is 0 Å². The highest BCUT2D eigenvalue weighted by Crippen LogP contribution is 2.49. The van der Waals surface area contributed by atoms with E-state index in [0.717, 1.165) is 5.56 Å². The van der Waals surface area contributed by atoms with Crippen LogP contribution in [0.4, 0.5) is 8.78 Å². The van der Waals surface area contributed by atoms with Gasteiger partial charge in [-0.3, -0.25) is 14.5 Å². The number of rotatable bonds is 5. The zero-order chi connectivity index (χ0) is 18.0. The molecule has 3 rings (SSSR count). The van der Waals surface area contributed by atoms with Gasteiger partial charge in [-0.2, -0.15) is 0 Å². The molecule has 2 aliphatic rings. The summed E-state index contributed by atoms with van der Waals surface area (Å²) in [6.07, 6.45) is -0.326. The van der Waals surface area contributed by atoms with Crippen LogP contribution in [0, 0.1) is 12.8 Å². The van der Waals surface area contributed by atoms with E-state index in [4.69, 9.17) is 0 Å². The zero-order valence-electron chi connectivity index (χ0n) is 14.3. The lowest BCUT2D eigenvalue weighted by Gasteiger charge is -2.34. The molecule has 1 saturated heterocycles. The molecule has 1 atom stereocenters. The Labute approximate surface area is 146 Å². The quantitative estimate of drug-likeness (QED) is 0.873. The first-order chi connectivity index (χ1) is 11.8. The lowest BCUT2D eigenvalue weighted by Crippen LogP contribution is -2.51. The maximum Gasteiger partial charge on any atom is 0.260 e. The Bertz CT molecular complexity index is 640. The normalized spacial score (nSPS) is 22.5. The number of piperazine rings is 1. The van der Waals surface area contributed by atoms with Crippen molar-refractivity contribution < 1.29 is 18.4 Å². The van der Waals surface area contributed by atoms with Crippen molar-refractivity contribution in [1.82, 2.24) is 15.1 Å². The van der Waals surface area contributed by atoms with Crippen LogP contribution < -0.4 is 5.32 Å². The van der Waals surface area contributed by atoms with Crippen LogP contribution in [-0.4, -0.2) is 60.3 Å². The number of nitrogens with zero attached hydrogens (tertiary/aromatic N) is 2. The number of halogens is 2. The topological polar surface area (TPSA) is 52.7 Å². The molecule has 0 aromatic heterocycles. The predicted octanol–water partition coefficient (Wildman–Crippen LogP) is 1.41. The Hall–Kier alpha value is -2.02. The predicted molar refractivity (Wildman–Crippen MR) is 89.1 cm³/mol. The van der Waals surface area contributed by atoms with Gasteiger partial charge in [0.05, 0.1) is 6.54 Å². The van der Waals surface area contributed by atoms with Crippen molar-refractivity contribution in [3.63, 3.8) is 0 Å². The van der Waals surface area contributed by atoms with Crippen molar-refractivity contribution in [3.05, 3.63) is 35.4 Å². The highest BCUT2D eigenvalue weighted by Gasteiger charge is 2.62. The fourth-order valence-electron chi connectivity index (χ4n) is 2.99. The number of carbonyl (C=O) groups excluding carboxylic acids is 2. The highest BCUT2D eigenvalue weighted by molar-refractivity contribution is 5.83. The summed E-state index contributed by atoms with van der Waals surface area (Å²) in [4.78, 5) is 27.4. The van der Waals surface area contributed by atoms with E-state index in [2.05, 4.69) is 5.32 Å². The van der Waals surface area contributed by atoms with Crippen LogP contribution in [0.1, 0.15) is 17.5 Å². The molecule has 1 aromatic rings. The molecule has 2 fully saturated rings. The molecular formula is C18H23F2N3O2. The Kier molecular flexibility index (Phi) is 5.03. The van der Waals surface area contributed by atoms with Crippen LogP contribution in [0.2, 0.25) is 0 Å². The van der Waals surface area contributed by atoms with E-state index in [1.54, 1.807) is 0 Å². The van der Waals surface area contributed by atoms with Crippen molar-refractivity contribution >= 4 is 11.8 Å². The average molecular weight is 351 g/mol. The number of carbonyl (C=O) groups is 2. The highest BCUT2D eigenvalue weighted by atomic mass is 19.3. The van der Waals surface area contributed by atoms with E-state index in [9.17, 15) is 18.4 Å². The van der Waals surface area contributed by atoms with Gasteiger partial charge in [-0.1, -0.05) is 29.8 Å². The second kappa shape index (κ2) is 7.07. The molecule has 1 aliphatic heterocycles. The summed E-state index contributed by atoms with van der Waals surface area (Å²) < 4.78 is 26.0. The molecule has 1 N–H and O–H groups in total. The largest absolute Gasteiger partial charge is 0.351 e. The molecule has 7 heteroatoms. The second-order valence-electron chi connectivity index (χ2n) is 6.88. The molecule has 1 aromatic carbocycles. The van der Waals surface area contributed by atoms with Gasteiger partial charge < -0.3 is 10.2 Å². The third kappa shape index (κ3) is 4.54. The van der Waals surface area contributed by atoms with Gasteiger partial charge >= 0.3 is 0 Å². The summed E-state index contributed by atoms with van der Waals surface area (Å²) >= 11 is 0. The van der Waals surface area contributed by atoms with Crippen molar-refractivity contribution in [2.75, 3.05) is 32.7 Å². The zero-order valence-corrected chi connectivity index (χ0v) is 14.3. The number of nitrogens with one attached hydrogen (secondary N) is 1. The molecule has 1 heterocycles. The van der Waals surface area contributed by atoms with Crippen LogP contribution in [0.5, 0.6) is 0 Å². The molecule has 1 unspecified atom stereocenters. The number of benzene rings is 1. The fraction of sp³-hybridized carbons (Fsp3) is 0.556. The van der Waals surface area contributed by atoms with Crippen LogP contribution in [0.15, 0.2) is 24.3 Å². The van der Waals surface area contributed by atoms with Gasteiger partial charge in [0.25, 0.3) is 5.92 Å². The molecule has 1 aliphatic carbocycles. The fourth-order valence-corrected chi connectivity index (χ4v) is 2.99. The first-order valence-corrected chi connectivity index (χ1v) is 8.56. The molecule has 136 valence electrons. The number of hydrogen-bond acceptors (Lipinski definition) is 3. The first kappa shape index (κ1) is 17.8. The van der Waals surface area contributed by atoms with Gasteiger partial charge in [-0.15, -0.1) is 0 Å². The van der Waals surface area contributed by atoms with E-state index in [0.29, 0.717) is 32.7 Å². The number of alkyl halides is 2. The summed E-state index contributed by atoms with van der Waals surface area (Å²) in [5.74, 6) is -4.47. The van der Waals surface area contributed by atoms with Crippen molar-refractivity contribution in [2.45, 2.75) is 25.8 Å². The molecule has 2 amide bonds. The Balaban J connectivity index is 1.37. The summed E-state index contributed by atoms with van der Waals surface area (Å²) in [5.41, 5.74) is 2.21. The smallest absolute Gasteiger partial charge is 0.260 e. The maximum absolute atomic E-state index is 13.0. The van der Waals surface area contributed by atoms with E-state index in [1.807, 2.05) is 36.1 Å². The van der Waals surface area contributed by atoms with Crippen LogP contribution in [0.25, 0.3) is 0 Å². The minimum absolute atomic E-state index is 0.0749. The number of amides is 2. The van der Waals surface area contributed by atoms with E-state index in [1.165, 1.54) is 10.5 Å². The Morgan fingerprint density at radius 3 is 2.32 bits per heavy atom. The summed E-state index contributed by atoms with van der Waals surface area (Å²) in [7, 11) is 0. The SMILES string of the molecule is Cc1ccc(CNC(=O)CN2CCN(C(=O)C3CC3(F)F)CC2)cc1. The summed E-state index contributed by atoms with van der Waals surface area (Å²) in [6.45, 7) is 4.61. The third-order valence-electron chi connectivity index (χ3n) is 4.79. The van der Waals surface area contributed by atoms with E-state index >= 15 is 0 Å². The van der Waals surface area contributed by atoms with Gasteiger partial charge in [0, 0.05) is 39.1 Å². The van der Waals surface area contributed by atoms with Crippen molar-refractivity contribution in [3.8, 4) is 0 Å². The summed E-state index contributed by atoms with van der Waals surface area (Å²) in [5, 5.41) is 2.88. The first-order valence-electron chi connectivity index (χ1n) is 8.56. The van der Waals surface area contributed by atoms with Crippen LogP contribution in [-0.2, 0) is 16.1 Å². The van der Waals surface area contributed by atoms with Gasteiger partial charge in [0.15, 0.2) is 0 Å². The van der Waals surface area contributed by atoms with Gasteiger partial charge in [-0.05, 0) is 12.5 Å². The molecule has 0 bridgehead atoms. The molecule has 25 heavy (non-hydrogen) atoms.